The predicted octanol–water partition coefficient (Wildman–Crippen LogP) is 2.37. The second-order valence-corrected chi connectivity index (χ2v) is 3.93. The van der Waals surface area contributed by atoms with Crippen molar-refractivity contribution in [2.24, 2.45) is 5.92 Å². The molecule has 0 aliphatic heterocycles. The third-order valence-corrected chi connectivity index (χ3v) is 1.89. The van der Waals surface area contributed by atoms with E-state index in [-0.39, 0.29) is 4.75 Å². The van der Waals surface area contributed by atoms with Crippen LogP contribution in [-0.2, 0) is 0 Å². The van der Waals surface area contributed by atoms with E-state index in [0.29, 0.717) is 0 Å². The fraction of sp³-hybridized carbons (Fsp3) is 1.00. The van der Waals surface area contributed by atoms with Gasteiger partial charge in [0, 0.05) is 4.75 Å². The van der Waals surface area contributed by atoms with E-state index in [1.54, 1.807) is 0 Å². The summed E-state index contributed by atoms with van der Waals surface area (Å²) in [6.07, 6.45) is 2.74. The van der Waals surface area contributed by atoms with E-state index >= 15 is 0 Å². The van der Waals surface area contributed by atoms with Crippen molar-refractivity contribution >= 4 is 12.6 Å². The van der Waals surface area contributed by atoms with Gasteiger partial charge in [-0.25, -0.2) is 0 Å². The topological polar surface area (TPSA) is 0 Å². The maximum Gasteiger partial charge on any atom is 0.0235 e. The van der Waals surface area contributed by atoms with Gasteiger partial charge in [0.25, 0.3) is 0 Å². The number of rotatable bonds is 1. The Hall–Kier alpha value is 0.350. The zero-order chi connectivity index (χ0) is 5.49. The van der Waals surface area contributed by atoms with E-state index in [2.05, 4.69) is 13.8 Å². The van der Waals surface area contributed by atoms with Crippen LogP contribution in [0.3, 0.4) is 0 Å². The fourth-order valence-corrected chi connectivity index (χ4v) is 1.01. The molecule has 1 fully saturated rings. The van der Waals surface area contributed by atoms with E-state index in [1.165, 1.54) is 12.8 Å². The molecular weight excluding hydrogens is 104 g/mol. The second-order valence-electron chi connectivity index (χ2n) is 2.88. The van der Waals surface area contributed by atoms with Crippen molar-refractivity contribution in [3.8, 4) is 0 Å². The Bertz CT molecular complexity index is 66.7. The van der Waals surface area contributed by atoms with Crippen molar-refractivity contribution in [2.45, 2.75) is 31.4 Å². The summed E-state index contributed by atoms with van der Waals surface area (Å²) in [6.45, 7) is 4.28. The van der Waals surface area contributed by atoms with Gasteiger partial charge in [-0.2, -0.15) is 0 Å². The first-order chi connectivity index (χ1) is 3.11. The van der Waals surface area contributed by atoms with Gasteiger partial charge < -0.3 is 0 Å². The maximum absolute atomic E-state index is 5.17. The Labute approximate surface area is 50.7 Å². The smallest absolute Gasteiger partial charge is 0.0235 e. The molecule has 0 aromatic rings. The van der Waals surface area contributed by atoms with Crippen LogP contribution in [0.4, 0.5) is 0 Å². The van der Waals surface area contributed by atoms with Crippen LogP contribution in [-0.4, -0.2) is 4.75 Å². The average Bonchev–Trinajstić information content (AvgIpc) is 1.99. The summed E-state index contributed by atoms with van der Waals surface area (Å²) in [5, 5.41) is 0. The van der Waals surface area contributed by atoms with Crippen molar-refractivity contribution < 1.29 is 0 Å². The molecular formula is C6H11S. The minimum absolute atomic E-state index is 0.194. The molecule has 7 heavy (non-hydrogen) atoms. The average molecular weight is 115 g/mol. The second kappa shape index (κ2) is 1.41. The molecule has 0 unspecified atom stereocenters. The molecule has 0 saturated heterocycles. The Kier molecular flexibility index (Phi) is 1.11. The third kappa shape index (κ3) is 1.37. The molecule has 0 N–H and O–H groups in total. The van der Waals surface area contributed by atoms with Gasteiger partial charge in [-0.15, -0.1) is 0 Å². The standard InChI is InChI=1S/C6H11S/c1-6(2,7)5-3-4-5/h5H,3-4H2,1-2H3. The van der Waals surface area contributed by atoms with Gasteiger partial charge in [0.1, 0.15) is 0 Å². The summed E-state index contributed by atoms with van der Waals surface area (Å²) in [4.78, 5) is 0. The molecule has 1 aliphatic rings. The first-order valence-corrected chi connectivity index (χ1v) is 3.22. The van der Waals surface area contributed by atoms with Gasteiger partial charge >= 0.3 is 0 Å². The summed E-state index contributed by atoms with van der Waals surface area (Å²) in [7, 11) is 0. The first kappa shape index (κ1) is 5.49. The SMILES string of the molecule is CC(C)([S])C1CC1. The van der Waals surface area contributed by atoms with Crippen molar-refractivity contribution in [1.82, 2.24) is 0 Å². The highest BCUT2D eigenvalue weighted by Crippen LogP contribution is 2.42. The van der Waals surface area contributed by atoms with E-state index < -0.39 is 0 Å². The highest BCUT2D eigenvalue weighted by Gasteiger charge is 2.35. The molecule has 1 radical (unpaired) electrons. The Morgan fingerprint density at radius 2 is 1.86 bits per heavy atom. The molecule has 0 bridgehead atoms. The molecule has 1 heteroatoms. The molecule has 0 nitrogen and oxygen atoms in total. The summed E-state index contributed by atoms with van der Waals surface area (Å²) in [6, 6.07) is 0. The summed E-state index contributed by atoms with van der Waals surface area (Å²) >= 11 is 5.17. The number of hydrogen-bond donors (Lipinski definition) is 0. The fourth-order valence-electron chi connectivity index (χ4n) is 0.779. The lowest BCUT2D eigenvalue weighted by molar-refractivity contribution is 0.626. The summed E-state index contributed by atoms with van der Waals surface area (Å²) in [5.74, 6) is 0.863. The van der Waals surface area contributed by atoms with E-state index in [1.807, 2.05) is 0 Å². The van der Waals surface area contributed by atoms with E-state index in [4.69, 9.17) is 12.6 Å². The van der Waals surface area contributed by atoms with Crippen molar-refractivity contribution in [1.29, 1.82) is 0 Å². The van der Waals surface area contributed by atoms with Crippen LogP contribution in [0.15, 0.2) is 0 Å². The minimum Gasteiger partial charge on any atom is -0.0870 e. The molecule has 0 heterocycles. The predicted molar refractivity (Wildman–Crippen MR) is 34.4 cm³/mol. The normalized spacial score (nSPS) is 22.7. The zero-order valence-corrected chi connectivity index (χ0v) is 5.72. The molecule has 41 valence electrons. The molecule has 0 amide bonds. The lowest BCUT2D eigenvalue weighted by Crippen LogP contribution is -2.12. The minimum atomic E-state index is 0.194. The van der Waals surface area contributed by atoms with Crippen molar-refractivity contribution in [2.75, 3.05) is 0 Å². The third-order valence-electron chi connectivity index (χ3n) is 1.56. The van der Waals surface area contributed by atoms with Crippen LogP contribution < -0.4 is 0 Å². The van der Waals surface area contributed by atoms with Gasteiger partial charge in [-0.3, -0.25) is 0 Å². The van der Waals surface area contributed by atoms with E-state index in [9.17, 15) is 0 Å². The molecule has 1 saturated carbocycles. The monoisotopic (exact) mass is 115 g/mol. The van der Waals surface area contributed by atoms with Crippen LogP contribution in [0, 0.1) is 5.92 Å². The van der Waals surface area contributed by atoms with E-state index in [0.717, 1.165) is 5.92 Å². The van der Waals surface area contributed by atoms with Gasteiger partial charge in [-0.1, -0.05) is 12.6 Å². The van der Waals surface area contributed by atoms with Crippen molar-refractivity contribution in [3.05, 3.63) is 0 Å². The highest BCUT2D eigenvalue weighted by molar-refractivity contribution is 7.81. The molecule has 1 aliphatic carbocycles. The van der Waals surface area contributed by atoms with Crippen LogP contribution in [0.25, 0.3) is 0 Å². The largest absolute Gasteiger partial charge is 0.0870 e. The van der Waals surface area contributed by atoms with Crippen LogP contribution in [0.2, 0.25) is 0 Å². The van der Waals surface area contributed by atoms with Gasteiger partial charge in [0.2, 0.25) is 0 Å². The molecule has 0 aromatic carbocycles. The van der Waals surface area contributed by atoms with Gasteiger partial charge in [0.05, 0.1) is 0 Å². The lowest BCUT2D eigenvalue weighted by atomic mass is 10.1. The van der Waals surface area contributed by atoms with Crippen molar-refractivity contribution in [3.63, 3.8) is 0 Å². The highest BCUT2D eigenvalue weighted by atomic mass is 32.1. The van der Waals surface area contributed by atoms with Gasteiger partial charge in [-0.05, 0) is 32.6 Å². The summed E-state index contributed by atoms with van der Waals surface area (Å²) in [5.41, 5.74) is 0. The zero-order valence-electron chi connectivity index (χ0n) is 4.90. The quantitative estimate of drug-likeness (QED) is 0.492. The Morgan fingerprint density at radius 1 is 1.43 bits per heavy atom. The molecule has 0 aromatic heterocycles. The molecule has 0 atom stereocenters. The van der Waals surface area contributed by atoms with Gasteiger partial charge in [0.15, 0.2) is 0 Å². The molecule has 0 spiro atoms. The Balaban J connectivity index is 2.36. The van der Waals surface area contributed by atoms with Crippen LogP contribution >= 0.6 is 12.6 Å². The Morgan fingerprint density at radius 3 is 1.86 bits per heavy atom. The van der Waals surface area contributed by atoms with Crippen LogP contribution in [0.5, 0.6) is 0 Å². The number of hydrogen-bond acceptors (Lipinski definition) is 0. The molecule has 1 rings (SSSR count). The lowest BCUT2D eigenvalue weighted by Gasteiger charge is -2.12. The first-order valence-electron chi connectivity index (χ1n) is 2.81. The summed E-state index contributed by atoms with van der Waals surface area (Å²) < 4.78 is 0.194. The maximum atomic E-state index is 5.17. The van der Waals surface area contributed by atoms with Crippen LogP contribution in [0.1, 0.15) is 26.7 Å².